The highest BCUT2D eigenvalue weighted by molar-refractivity contribution is 4.70. The van der Waals surface area contributed by atoms with Crippen LogP contribution in [0.5, 0.6) is 0 Å². The van der Waals surface area contributed by atoms with Gasteiger partial charge in [0.15, 0.2) is 0 Å². The number of rotatable bonds is 2. The Morgan fingerprint density at radius 3 is 2.25 bits per heavy atom. The Hall–Kier alpha value is -0.0800. The van der Waals surface area contributed by atoms with Gasteiger partial charge in [0.2, 0.25) is 0 Å². The largest absolute Gasteiger partial charge is 0.343 e. The summed E-state index contributed by atoms with van der Waals surface area (Å²) >= 11 is 0. The zero-order valence-electron chi connectivity index (χ0n) is 5.65. The van der Waals surface area contributed by atoms with Crippen molar-refractivity contribution in [1.29, 1.82) is 0 Å². The second-order valence-electron chi connectivity index (χ2n) is 2.78. The summed E-state index contributed by atoms with van der Waals surface area (Å²) in [5.41, 5.74) is 0. The summed E-state index contributed by atoms with van der Waals surface area (Å²) in [6.45, 7) is 6.94. The molecule has 2 heteroatoms. The molecule has 0 spiro atoms. The molecule has 3 N–H and O–H groups in total. The van der Waals surface area contributed by atoms with Crippen LogP contribution in [-0.4, -0.2) is 25.2 Å². The van der Waals surface area contributed by atoms with E-state index in [-0.39, 0.29) is 0 Å². The van der Waals surface area contributed by atoms with Crippen molar-refractivity contribution in [2.45, 2.75) is 25.9 Å². The first-order valence-electron chi connectivity index (χ1n) is 3.37. The predicted molar refractivity (Wildman–Crippen MR) is 33.7 cm³/mol. The number of hydrogen-bond donors (Lipinski definition) is 2. The molecule has 2 nitrogen and oxygen atoms in total. The molecule has 1 fully saturated rings. The lowest BCUT2D eigenvalue weighted by Gasteiger charge is -2.25. The Kier molecular flexibility index (Phi) is 1.86. The average molecular weight is 115 g/mol. The highest BCUT2D eigenvalue weighted by atomic mass is 15.1. The number of hydrogen-bond acceptors (Lipinski definition) is 1. The van der Waals surface area contributed by atoms with E-state index in [0.717, 1.165) is 6.04 Å². The molecule has 0 bridgehead atoms. The van der Waals surface area contributed by atoms with Crippen molar-refractivity contribution >= 4 is 0 Å². The van der Waals surface area contributed by atoms with Gasteiger partial charge in [-0.2, -0.15) is 0 Å². The van der Waals surface area contributed by atoms with E-state index in [9.17, 15) is 0 Å². The molecule has 0 saturated carbocycles. The molecule has 8 heavy (non-hydrogen) atoms. The zero-order valence-corrected chi connectivity index (χ0v) is 5.65. The maximum absolute atomic E-state index is 3.45. The van der Waals surface area contributed by atoms with Crippen LogP contribution in [-0.2, 0) is 0 Å². The highest BCUT2D eigenvalue weighted by Crippen LogP contribution is 1.84. The Bertz CT molecular complexity index is 66.9. The number of nitrogens with two attached hydrogens (primary N) is 1. The van der Waals surface area contributed by atoms with Crippen molar-refractivity contribution < 1.29 is 5.32 Å². The van der Waals surface area contributed by atoms with Gasteiger partial charge in [0.1, 0.15) is 6.04 Å². The number of nitrogens with one attached hydrogen (secondary N) is 1. The van der Waals surface area contributed by atoms with Gasteiger partial charge >= 0.3 is 0 Å². The first kappa shape index (κ1) is 6.05. The Morgan fingerprint density at radius 2 is 2.12 bits per heavy atom. The van der Waals surface area contributed by atoms with Gasteiger partial charge in [0, 0.05) is 6.04 Å². The van der Waals surface area contributed by atoms with Gasteiger partial charge in [0.05, 0.1) is 13.1 Å². The predicted octanol–water partition coefficient (Wildman–Crippen LogP) is -1.07. The summed E-state index contributed by atoms with van der Waals surface area (Å²) < 4.78 is 0. The first-order valence-corrected chi connectivity index (χ1v) is 3.37. The standard InChI is InChI=1S/C6H14N2/c1-5(2)8-6-3-7-4-6/h5-8H,3-4H2,1-2H3/p+1. The van der Waals surface area contributed by atoms with Gasteiger partial charge in [-0.05, 0) is 0 Å². The lowest BCUT2D eigenvalue weighted by molar-refractivity contribution is -0.712. The molecule has 0 aromatic heterocycles. The average Bonchev–Trinajstić information content (AvgIpc) is 1.55. The molecule has 0 atom stereocenters. The van der Waals surface area contributed by atoms with Crippen LogP contribution in [0.1, 0.15) is 13.8 Å². The summed E-state index contributed by atoms with van der Waals surface area (Å²) in [5, 5.41) is 5.77. The van der Waals surface area contributed by atoms with Crippen LogP contribution in [0.4, 0.5) is 0 Å². The normalized spacial score (nSPS) is 21.4. The molecule has 1 rings (SSSR count). The number of quaternary nitrogens is 1. The van der Waals surface area contributed by atoms with Crippen molar-refractivity contribution in [2.24, 2.45) is 0 Å². The fourth-order valence-corrected chi connectivity index (χ4v) is 0.941. The molecule has 1 saturated heterocycles. The van der Waals surface area contributed by atoms with Crippen LogP contribution < -0.4 is 10.6 Å². The fraction of sp³-hybridized carbons (Fsp3) is 1.00. The molecule has 0 aliphatic carbocycles. The van der Waals surface area contributed by atoms with Crippen LogP contribution >= 0.6 is 0 Å². The molecular weight excluding hydrogens is 100 g/mol. The van der Waals surface area contributed by atoms with Crippen LogP contribution in [0, 0.1) is 0 Å². The Labute approximate surface area is 50.7 Å². The highest BCUT2D eigenvalue weighted by Gasteiger charge is 2.20. The van der Waals surface area contributed by atoms with Crippen molar-refractivity contribution in [3.8, 4) is 0 Å². The topological polar surface area (TPSA) is 28.6 Å². The van der Waals surface area contributed by atoms with Gasteiger partial charge in [-0.15, -0.1) is 0 Å². The Balaban J connectivity index is 2.01. The fourth-order valence-electron chi connectivity index (χ4n) is 0.941. The molecule has 0 aromatic rings. The van der Waals surface area contributed by atoms with Crippen LogP contribution in [0.25, 0.3) is 0 Å². The minimum atomic E-state index is 0.661. The van der Waals surface area contributed by atoms with Crippen LogP contribution in [0.15, 0.2) is 0 Å². The van der Waals surface area contributed by atoms with E-state index in [1.165, 1.54) is 13.1 Å². The second-order valence-corrected chi connectivity index (χ2v) is 2.78. The molecule has 0 unspecified atom stereocenters. The van der Waals surface area contributed by atoms with E-state index >= 15 is 0 Å². The van der Waals surface area contributed by atoms with Gasteiger partial charge in [-0.3, -0.25) is 0 Å². The molecule has 1 aliphatic rings. The first-order chi connectivity index (χ1) is 3.79. The van der Waals surface area contributed by atoms with Crippen LogP contribution in [0.3, 0.4) is 0 Å². The van der Waals surface area contributed by atoms with Gasteiger partial charge in [-0.1, -0.05) is 13.8 Å². The lowest BCUT2D eigenvalue weighted by Crippen LogP contribution is -3.00. The maximum atomic E-state index is 3.45. The smallest absolute Gasteiger partial charge is 0.106 e. The molecule has 1 aliphatic heterocycles. The van der Waals surface area contributed by atoms with E-state index in [0.29, 0.717) is 6.04 Å². The maximum Gasteiger partial charge on any atom is 0.106 e. The third-order valence-electron chi connectivity index (χ3n) is 1.47. The van der Waals surface area contributed by atoms with E-state index < -0.39 is 0 Å². The molecule has 0 amide bonds. The van der Waals surface area contributed by atoms with Crippen molar-refractivity contribution in [2.75, 3.05) is 13.1 Å². The minimum Gasteiger partial charge on any atom is -0.343 e. The summed E-state index contributed by atoms with van der Waals surface area (Å²) in [6.07, 6.45) is 0. The van der Waals surface area contributed by atoms with Crippen molar-refractivity contribution in [3.63, 3.8) is 0 Å². The third kappa shape index (κ3) is 1.46. The minimum absolute atomic E-state index is 0.661. The Morgan fingerprint density at radius 1 is 1.50 bits per heavy atom. The molecular formula is C6H15N2+. The molecule has 0 radical (unpaired) electrons. The van der Waals surface area contributed by atoms with E-state index in [1.807, 2.05) is 0 Å². The van der Waals surface area contributed by atoms with E-state index in [2.05, 4.69) is 24.5 Å². The summed E-state index contributed by atoms with van der Waals surface area (Å²) in [5.74, 6) is 0. The van der Waals surface area contributed by atoms with Gasteiger partial charge in [-0.25, -0.2) is 0 Å². The monoisotopic (exact) mass is 115 g/mol. The molecule has 48 valence electrons. The SMILES string of the molecule is CC(C)NC1C[NH2+]C1. The summed E-state index contributed by atoms with van der Waals surface area (Å²) in [6, 6.07) is 1.46. The zero-order chi connectivity index (χ0) is 5.98. The van der Waals surface area contributed by atoms with E-state index in [1.54, 1.807) is 0 Å². The third-order valence-corrected chi connectivity index (χ3v) is 1.47. The van der Waals surface area contributed by atoms with E-state index in [4.69, 9.17) is 0 Å². The molecule has 1 heterocycles. The molecule has 0 aromatic carbocycles. The van der Waals surface area contributed by atoms with Gasteiger partial charge in [0.25, 0.3) is 0 Å². The van der Waals surface area contributed by atoms with Crippen molar-refractivity contribution in [3.05, 3.63) is 0 Å². The van der Waals surface area contributed by atoms with Gasteiger partial charge < -0.3 is 10.6 Å². The van der Waals surface area contributed by atoms with Crippen molar-refractivity contribution in [1.82, 2.24) is 5.32 Å². The summed E-state index contributed by atoms with van der Waals surface area (Å²) in [4.78, 5) is 0. The lowest BCUT2D eigenvalue weighted by atomic mass is 10.1. The quantitative estimate of drug-likeness (QED) is 0.471. The second kappa shape index (κ2) is 2.46. The summed E-state index contributed by atoms with van der Waals surface area (Å²) in [7, 11) is 0. The van der Waals surface area contributed by atoms with Crippen LogP contribution in [0.2, 0.25) is 0 Å².